The summed E-state index contributed by atoms with van der Waals surface area (Å²) >= 11 is 0. The van der Waals surface area contributed by atoms with Crippen LogP contribution in [0.2, 0.25) is 0 Å². The van der Waals surface area contributed by atoms with Gasteiger partial charge in [0, 0.05) is 13.0 Å². The summed E-state index contributed by atoms with van der Waals surface area (Å²) in [4.78, 5) is 10.1. The van der Waals surface area contributed by atoms with Gasteiger partial charge in [-0.3, -0.25) is 0 Å². The Labute approximate surface area is 65.8 Å². The van der Waals surface area contributed by atoms with Gasteiger partial charge < -0.3 is 19.7 Å². The van der Waals surface area contributed by atoms with Crippen LogP contribution in [0.1, 0.15) is 6.92 Å². The second-order valence-electron chi connectivity index (χ2n) is 2.51. The van der Waals surface area contributed by atoms with E-state index in [0.717, 1.165) is 0 Å². The largest absolute Gasteiger partial charge is 0.390 e. The third-order valence-electron chi connectivity index (χ3n) is 1.62. The van der Waals surface area contributed by atoms with Gasteiger partial charge in [0.25, 0.3) is 0 Å². The van der Waals surface area contributed by atoms with Crippen molar-refractivity contribution in [2.24, 2.45) is 5.92 Å². The highest BCUT2D eigenvalue weighted by atomic mass is 16.5. The second kappa shape index (κ2) is 5.23. The van der Waals surface area contributed by atoms with Gasteiger partial charge in [0.2, 0.25) is 0 Å². The van der Waals surface area contributed by atoms with E-state index in [1.54, 1.807) is 6.92 Å². The molecule has 0 bridgehead atoms. The summed E-state index contributed by atoms with van der Waals surface area (Å²) in [6, 6.07) is 0. The molecule has 0 aromatic carbocycles. The van der Waals surface area contributed by atoms with Crippen LogP contribution in [0.5, 0.6) is 0 Å². The highest BCUT2D eigenvalue weighted by Crippen LogP contribution is 2.06. The van der Waals surface area contributed by atoms with E-state index in [1.165, 1.54) is 7.11 Å². The predicted molar refractivity (Wildman–Crippen MR) is 39.1 cm³/mol. The maximum absolute atomic E-state index is 10.1. The third-order valence-corrected chi connectivity index (χ3v) is 1.62. The van der Waals surface area contributed by atoms with Gasteiger partial charge in [0.1, 0.15) is 12.4 Å². The van der Waals surface area contributed by atoms with Crippen LogP contribution in [0.3, 0.4) is 0 Å². The molecule has 0 aliphatic rings. The standard InChI is InChI=1S/C7H14O4/c1-5(6(9)3-8)7(10)4-11-2/h3,5-7,9-10H,4H2,1-2H3. The zero-order chi connectivity index (χ0) is 8.85. The Bertz CT molecular complexity index is 115. The topological polar surface area (TPSA) is 66.8 Å². The van der Waals surface area contributed by atoms with E-state index in [1.807, 2.05) is 0 Å². The zero-order valence-electron chi connectivity index (χ0n) is 6.73. The molecule has 0 spiro atoms. The summed E-state index contributed by atoms with van der Waals surface area (Å²) in [6.07, 6.45) is -1.50. The number of aliphatic hydroxyl groups is 2. The van der Waals surface area contributed by atoms with Gasteiger partial charge in [-0.2, -0.15) is 0 Å². The second-order valence-corrected chi connectivity index (χ2v) is 2.51. The van der Waals surface area contributed by atoms with Crippen LogP contribution in [0.4, 0.5) is 0 Å². The number of carbonyl (C=O) groups is 1. The van der Waals surface area contributed by atoms with E-state index in [4.69, 9.17) is 5.11 Å². The summed E-state index contributed by atoms with van der Waals surface area (Å²) < 4.78 is 4.64. The van der Waals surface area contributed by atoms with Crippen molar-refractivity contribution in [1.82, 2.24) is 0 Å². The van der Waals surface area contributed by atoms with Crippen LogP contribution in [0, 0.1) is 5.92 Å². The van der Waals surface area contributed by atoms with Crippen LogP contribution < -0.4 is 0 Å². The van der Waals surface area contributed by atoms with E-state index >= 15 is 0 Å². The molecule has 4 nitrogen and oxygen atoms in total. The summed E-state index contributed by atoms with van der Waals surface area (Å²) in [6.45, 7) is 1.72. The van der Waals surface area contributed by atoms with Crippen molar-refractivity contribution in [2.75, 3.05) is 13.7 Å². The monoisotopic (exact) mass is 162 g/mol. The summed E-state index contributed by atoms with van der Waals surface area (Å²) in [5.74, 6) is -0.479. The fourth-order valence-corrected chi connectivity index (χ4v) is 0.674. The van der Waals surface area contributed by atoms with Gasteiger partial charge >= 0.3 is 0 Å². The van der Waals surface area contributed by atoms with Crippen molar-refractivity contribution in [3.8, 4) is 0 Å². The molecule has 3 atom stereocenters. The summed E-state index contributed by atoms with van der Waals surface area (Å²) in [5, 5.41) is 18.1. The van der Waals surface area contributed by atoms with Gasteiger partial charge in [-0.15, -0.1) is 0 Å². The first-order valence-corrected chi connectivity index (χ1v) is 3.43. The molecular weight excluding hydrogens is 148 g/mol. The molecule has 0 saturated heterocycles. The number of rotatable bonds is 5. The first kappa shape index (κ1) is 10.6. The number of aldehydes is 1. The number of hydrogen-bond donors (Lipinski definition) is 2. The van der Waals surface area contributed by atoms with Crippen LogP contribution >= 0.6 is 0 Å². The van der Waals surface area contributed by atoms with E-state index in [9.17, 15) is 9.90 Å². The minimum Gasteiger partial charge on any atom is -0.390 e. The lowest BCUT2D eigenvalue weighted by Gasteiger charge is -2.19. The molecule has 3 unspecified atom stereocenters. The maximum Gasteiger partial charge on any atom is 0.148 e. The molecule has 0 rings (SSSR count). The van der Waals surface area contributed by atoms with E-state index < -0.39 is 18.1 Å². The molecular formula is C7H14O4. The Morgan fingerprint density at radius 2 is 2.09 bits per heavy atom. The predicted octanol–water partition coefficient (Wildman–Crippen LogP) is -0.810. The van der Waals surface area contributed by atoms with E-state index in [2.05, 4.69) is 4.74 Å². The van der Waals surface area contributed by atoms with Gasteiger partial charge in [0.05, 0.1) is 12.7 Å². The lowest BCUT2D eigenvalue weighted by atomic mass is 10.00. The molecule has 0 aliphatic carbocycles. The Morgan fingerprint density at radius 1 is 1.55 bits per heavy atom. The van der Waals surface area contributed by atoms with Crippen molar-refractivity contribution in [2.45, 2.75) is 19.1 Å². The van der Waals surface area contributed by atoms with E-state index in [0.29, 0.717) is 6.29 Å². The van der Waals surface area contributed by atoms with Crippen LogP contribution in [0.15, 0.2) is 0 Å². The SMILES string of the molecule is COCC(O)C(C)C(O)C=O. The average Bonchev–Trinajstić information content (AvgIpc) is 2.02. The molecule has 0 aromatic rings. The highest BCUT2D eigenvalue weighted by molar-refractivity contribution is 5.56. The fraction of sp³-hybridized carbons (Fsp3) is 0.857. The molecule has 0 fully saturated rings. The van der Waals surface area contributed by atoms with Gasteiger partial charge in [0.15, 0.2) is 0 Å². The van der Waals surface area contributed by atoms with E-state index in [-0.39, 0.29) is 6.61 Å². The average molecular weight is 162 g/mol. The highest BCUT2D eigenvalue weighted by Gasteiger charge is 2.21. The van der Waals surface area contributed by atoms with Crippen LogP contribution in [-0.2, 0) is 9.53 Å². The summed E-state index contributed by atoms with van der Waals surface area (Å²) in [7, 11) is 1.45. The fourth-order valence-electron chi connectivity index (χ4n) is 0.674. The van der Waals surface area contributed by atoms with Crippen LogP contribution in [0.25, 0.3) is 0 Å². The Hall–Kier alpha value is -0.450. The van der Waals surface area contributed by atoms with Crippen molar-refractivity contribution in [3.05, 3.63) is 0 Å². The molecule has 0 heterocycles. The van der Waals surface area contributed by atoms with Gasteiger partial charge in [-0.25, -0.2) is 0 Å². The van der Waals surface area contributed by atoms with Gasteiger partial charge in [-0.05, 0) is 0 Å². The number of ether oxygens (including phenoxy) is 1. The molecule has 0 aliphatic heterocycles. The molecule has 0 aromatic heterocycles. The Morgan fingerprint density at radius 3 is 2.45 bits per heavy atom. The molecule has 66 valence electrons. The molecule has 0 amide bonds. The van der Waals surface area contributed by atoms with Crippen molar-refractivity contribution < 1.29 is 19.7 Å². The molecule has 0 saturated carbocycles. The summed E-state index contributed by atoms with van der Waals surface area (Å²) in [5.41, 5.74) is 0. The van der Waals surface area contributed by atoms with Gasteiger partial charge in [-0.1, -0.05) is 6.92 Å². The third kappa shape index (κ3) is 3.46. The molecule has 2 N–H and O–H groups in total. The van der Waals surface area contributed by atoms with Crippen molar-refractivity contribution >= 4 is 6.29 Å². The molecule has 0 radical (unpaired) electrons. The number of hydrogen-bond acceptors (Lipinski definition) is 4. The number of carbonyl (C=O) groups excluding carboxylic acids is 1. The molecule has 11 heavy (non-hydrogen) atoms. The maximum atomic E-state index is 10.1. The lowest BCUT2D eigenvalue weighted by Crippen LogP contribution is -2.33. The first-order valence-electron chi connectivity index (χ1n) is 3.43. The molecule has 4 heteroatoms. The Balaban J connectivity index is 3.79. The lowest BCUT2D eigenvalue weighted by molar-refractivity contribution is -0.120. The zero-order valence-corrected chi connectivity index (χ0v) is 6.73. The van der Waals surface area contributed by atoms with Crippen molar-refractivity contribution in [1.29, 1.82) is 0 Å². The normalized spacial score (nSPS) is 18.9. The Kier molecular flexibility index (Phi) is 5.02. The minimum atomic E-state index is -1.11. The quantitative estimate of drug-likeness (QED) is 0.519. The van der Waals surface area contributed by atoms with Crippen LogP contribution in [-0.4, -0.2) is 42.4 Å². The number of methoxy groups -OCH3 is 1. The minimum absolute atomic E-state index is 0.131. The van der Waals surface area contributed by atoms with Crippen molar-refractivity contribution in [3.63, 3.8) is 0 Å². The first-order chi connectivity index (χ1) is 5.13. The number of aliphatic hydroxyl groups excluding tert-OH is 2. The smallest absolute Gasteiger partial charge is 0.148 e.